The first-order valence-electron chi connectivity index (χ1n) is 5.65. The van der Waals surface area contributed by atoms with Gasteiger partial charge >= 0.3 is 5.97 Å². The molecule has 1 aromatic heterocycles. The first kappa shape index (κ1) is 13.1. The number of esters is 1. The van der Waals surface area contributed by atoms with Crippen molar-refractivity contribution in [3.63, 3.8) is 0 Å². The first-order chi connectivity index (χ1) is 8.72. The van der Waals surface area contributed by atoms with E-state index in [0.29, 0.717) is 18.6 Å². The number of hydrogen-bond donors (Lipinski definition) is 1. The second-order valence-corrected chi connectivity index (χ2v) is 4.91. The number of carbonyl (C=O) groups is 1. The number of aromatic nitrogens is 2. The number of nitrogens with one attached hydrogen (secondary N) is 1. The fraction of sp³-hybridized carbons (Fsp3) is 0.231. The number of nitrogens with zero attached hydrogens (tertiary/aromatic N) is 1. The molecule has 0 radical (unpaired) electrons. The molecule has 2 aromatic rings. The Morgan fingerprint density at radius 1 is 1.44 bits per heavy atom. The van der Waals surface area contributed by atoms with Crippen molar-refractivity contribution in [3.8, 4) is 0 Å². The van der Waals surface area contributed by atoms with Crippen LogP contribution in [0.1, 0.15) is 28.5 Å². The van der Waals surface area contributed by atoms with Crippen LogP contribution in [0.25, 0.3) is 0 Å². The van der Waals surface area contributed by atoms with Crippen LogP contribution in [0, 0.1) is 3.57 Å². The van der Waals surface area contributed by atoms with Crippen molar-refractivity contribution in [2.45, 2.75) is 13.3 Å². The van der Waals surface area contributed by atoms with Gasteiger partial charge in [0, 0.05) is 6.42 Å². The molecule has 0 aliphatic heterocycles. The fourth-order valence-electron chi connectivity index (χ4n) is 1.70. The lowest BCUT2D eigenvalue weighted by Gasteiger charge is -2.07. The molecular formula is C13H13IN2O2. The monoisotopic (exact) mass is 356 g/mol. The highest BCUT2D eigenvalue weighted by Gasteiger charge is 2.13. The summed E-state index contributed by atoms with van der Waals surface area (Å²) in [5.74, 6) is -0.275. The number of halogens is 1. The van der Waals surface area contributed by atoms with Gasteiger partial charge in [-0.25, -0.2) is 4.79 Å². The molecule has 1 aromatic carbocycles. The van der Waals surface area contributed by atoms with E-state index in [1.807, 2.05) is 18.2 Å². The van der Waals surface area contributed by atoms with Gasteiger partial charge in [-0.1, -0.05) is 18.2 Å². The van der Waals surface area contributed by atoms with Crippen LogP contribution in [-0.2, 0) is 11.2 Å². The lowest BCUT2D eigenvalue weighted by atomic mass is 10.0. The van der Waals surface area contributed by atoms with Gasteiger partial charge in [0.2, 0.25) is 0 Å². The zero-order valence-corrected chi connectivity index (χ0v) is 12.1. The van der Waals surface area contributed by atoms with E-state index in [2.05, 4.69) is 32.8 Å². The molecule has 0 saturated carbocycles. The summed E-state index contributed by atoms with van der Waals surface area (Å²) in [6, 6.07) is 7.48. The molecule has 0 unspecified atom stereocenters. The number of ether oxygens (including phenoxy) is 1. The molecule has 0 bridgehead atoms. The SMILES string of the molecule is CCOC(=O)c1ccccc1Cc1[nH]ncc1I. The Hall–Kier alpha value is -1.37. The maximum Gasteiger partial charge on any atom is 0.338 e. The number of H-pyrrole nitrogens is 1. The Morgan fingerprint density at radius 2 is 2.22 bits per heavy atom. The third-order valence-electron chi connectivity index (χ3n) is 2.55. The smallest absolute Gasteiger partial charge is 0.338 e. The Morgan fingerprint density at radius 3 is 2.89 bits per heavy atom. The van der Waals surface area contributed by atoms with Crippen molar-refractivity contribution in [2.24, 2.45) is 0 Å². The minimum atomic E-state index is -0.275. The fourth-order valence-corrected chi connectivity index (χ4v) is 2.15. The average Bonchev–Trinajstić information content (AvgIpc) is 2.76. The second-order valence-electron chi connectivity index (χ2n) is 3.75. The number of benzene rings is 1. The lowest BCUT2D eigenvalue weighted by molar-refractivity contribution is 0.0525. The van der Waals surface area contributed by atoms with Crippen LogP contribution in [0.3, 0.4) is 0 Å². The quantitative estimate of drug-likeness (QED) is 0.677. The van der Waals surface area contributed by atoms with Gasteiger partial charge in [0.05, 0.1) is 27.6 Å². The Bertz CT molecular complexity index is 551. The number of aromatic amines is 1. The largest absolute Gasteiger partial charge is 0.462 e. The maximum atomic E-state index is 11.8. The molecule has 0 spiro atoms. The molecule has 0 saturated heterocycles. The molecule has 0 aliphatic carbocycles. The van der Waals surface area contributed by atoms with Crippen LogP contribution < -0.4 is 0 Å². The van der Waals surface area contributed by atoms with Gasteiger partial charge in [-0.3, -0.25) is 5.10 Å². The molecule has 18 heavy (non-hydrogen) atoms. The van der Waals surface area contributed by atoms with Crippen LogP contribution in [-0.4, -0.2) is 22.8 Å². The van der Waals surface area contributed by atoms with E-state index in [-0.39, 0.29) is 5.97 Å². The predicted molar refractivity (Wildman–Crippen MR) is 76.5 cm³/mol. The summed E-state index contributed by atoms with van der Waals surface area (Å²) in [6.07, 6.45) is 2.41. The summed E-state index contributed by atoms with van der Waals surface area (Å²) in [6.45, 7) is 2.19. The van der Waals surface area contributed by atoms with E-state index < -0.39 is 0 Å². The van der Waals surface area contributed by atoms with Crippen molar-refractivity contribution in [2.75, 3.05) is 6.61 Å². The molecule has 1 heterocycles. The minimum absolute atomic E-state index is 0.275. The molecule has 0 aliphatic rings. The van der Waals surface area contributed by atoms with Crippen LogP contribution in [0.15, 0.2) is 30.5 Å². The van der Waals surface area contributed by atoms with Gasteiger partial charge in [-0.05, 0) is 41.1 Å². The Kier molecular flexibility index (Phi) is 4.35. The highest BCUT2D eigenvalue weighted by molar-refractivity contribution is 14.1. The maximum absolute atomic E-state index is 11.8. The summed E-state index contributed by atoms with van der Waals surface area (Å²) in [4.78, 5) is 11.8. The van der Waals surface area contributed by atoms with Crippen molar-refractivity contribution >= 4 is 28.6 Å². The summed E-state index contributed by atoms with van der Waals surface area (Å²) >= 11 is 2.22. The third-order valence-corrected chi connectivity index (χ3v) is 3.48. The van der Waals surface area contributed by atoms with Crippen LogP contribution in [0.4, 0.5) is 0 Å². The molecule has 0 atom stereocenters. The number of hydrogen-bond acceptors (Lipinski definition) is 3. The highest BCUT2D eigenvalue weighted by atomic mass is 127. The topological polar surface area (TPSA) is 55.0 Å². The second kappa shape index (κ2) is 5.99. The molecule has 4 nitrogen and oxygen atoms in total. The summed E-state index contributed by atoms with van der Waals surface area (Å²) < 4.78 is 6.11. The highest BCUT2D eigenvalue weighted by Crippen LogP contribution is 2.17. The van der Waals surface area contributed by atoms with E-state index in [9.17, 15) is 4.79 Å². The summed E-state index contributed by atoms with van der Waals surface area (Å²) in [5, 5.41) is 6.92. The van der Waals surface area contributed by atoms with Gasteiger partial charge in [0.15, 0.2) is 0 Å². The Labute approximate surface area is 119 Å². The van der Waals surface area contributed by atoms with Gasteiger partial charge in [-0.15, -0.1) is 0 Å². The molecule has 2 rings (SSSR count). The van der Waals surface area contributed by atoms with Crippen molar-refractivity contribution in [1.29, 1.82) is 0 Å². The first-order valence-corrected chi connectivity index (χ1v) is 6.73. The summed E-state index contributed by atoms with van der Waals surface area (Å²) in [7, 11) is 0. The third kappa shape index (κ3) is 2.90. The molecule has 94 valence electrons. The molecule has 1 N–H and O–H groups in total. The van der Waals surface area contributed by atoms with E-state index >= 15 is 0 Å². The number of rotatable bonds is 4. The lowest BCUT2D eigenvalue weighted by Crippen LogP contribution is -2.08. The number of carbonyl (C=O) groups excluding carboxylic acids is 1. The van der Waals surface area contributed by atoms with Crippen LogP contribution in [0.5, 0.6) is 0 Å². The standard InChI is InChI=1S/C13H13IN2O2/c1-2-18-13(17)10-6-4-3-5-9(10)7-12-11(14)8-15-16-12/h3-6,8H,2,7H2,1H3,(H,15,16). The average molecular weight is 356 g/mol. The van der Waals surface area contributed by atoms with Gasteiger partial charge in [0.1, 0.15) is 0 Å². The van der Waals surface area contributed by atoms with Crippen molar-refractivity contribution in [1.82, 2.24) is 10.2 Å². The van der Waals surface area contributed by atoms with Gasteiger partial charge in [-0.2, -0.15) is 5.10 Å². The van der Waals surface area contributed by atoms with Gasteiger partial charge < -0.3 is 4.74 Å². The molecular weight excluding hydrogens is 343 g/mol. The van der Waals surface area contributed by atoms with Crippen LogP contribution in [0.2, 0.25) is 0 Å². The normalized spacial score (nSPS) is 10.3. The van der Waals surface area contributed by atoms with Crippen molar-refractivity contribution in [3.05, 3.63) is 50.9 Å². The van der Waals surface area contributed by atoms with Crippen molar-refractivity contribution < 1.29 is 9.53 Å². The minimum Gasteiger partial charge on any atom is -0.462 e. The zero-order chi connectivity index (χ0) is 13.0. The van der Waals surface area contributed by atoms with E-state index in [1.165, 1.54) is 0 Å². The van der Waals surface area contributed by atoms with E-state index in [1.54, 1.807) is 19.2 Å². The molecule has 5 heteroatoms. The predicted octanol–water partition coefficient (Wildman–Crippen LogP) is 2.78. The molecule has 0 amide bonds. The summed E-state index contributed by atoms with van der Waals surface area (Å²) in [5.41, 5.74) is 2.57. The van der Waals surface area contributed by atoms with Crippen LogP contribution >= 0.6 is 22.6 Å². The Balaban J connectivity index is 2.28. The van der Waals surface area contributed by atoms with E-state index in [0.717, 1.165) is 14.8 Å². The zero-order valence-electron chi connectivity index (χ0n) is 9.94. The van der Waals surface area contributed by atoms with E-state index in [4.69, 9.17) is 4.74 Å². The van der Waals surface area contributed by atoms with Gasteiger partial charge in [0.25, 0.3) is 0 Å². The molecule has 0 fully saturated rings.